The maximum Gasteiger partial charge on any atom is 0.435 e. The monoisotopic (exact) mass is 478 g/mol. The van der Waals surface area contributed by atoms with Crippen LogP contribution in [-0.2, 0) is 22.8 Å². The Balaban J connectivity index is 2.22. The molecule has 0 aliphatic rings. The van der Waals surface area contributed by atoms with E-state index in [1.165, 1.54) is 30.2 Å². The first-order valence-electron chi connectivity index (χ1n) is 9.79. The summed E-state index contributed by atoms with van der Waals surface area (Å²) in [5, 5.41) is 17.1. The Morgan fingerprint density at radius 2 is 2.03 bits per heavy atom. The van der Waals surface area contributed by atoms with Gasteiger partial charge in [0.1, 0.15) is 22.5 Å². The highest BCUT2D eigenvalue weighted by atomic mass is 35.5. The molecule has 0 aliphatic heterocycles. The lowest BCUT2D eigenvalue weighted by atomic mass is 10.1. The summed E-state index contributed by atoms with van der Waals surface area (Å²) in [6, 6.07) is 8.26. The van der Waals surface area contributed by atoms with E-state index >= 15 is 0 Å². The van der Waals surface area contributed by atoms with Crippen molar-refractivity contribution in [2.75, 3.05) is 0 Å². The Hall–Kier alpha value is -3.65. The second-order valence-corrected chi connectivity index (χ2v) is 7.22. The summed E-state index contributed by atoms with van der Waals surface area (Å²) in [6.07, 6.45) is -0.857. The zero-order valence-electron chi connectivity index (χ0n) is 17.6. The maximum absolute atomic E-state index is 13.7. The number of carbonyl (C=O) groups is 1. The highest BCUT2D eigenvalue weighted by molar-refractivity contribution is 6.31. The Morgan fingerprint density at radius 3 is 2.64 bits per heavy atom. The van der Waals surface area contributed by atoms with Crippen molar-refractivity contribution in [3.63, 3.8) is 0 Å². The lowest BCUT2D eigenvalue weighted by molar-refractivity contribution is -0.143. The number of nitrogens with zero attached hydrogens (tertiary/aromatic N) is 6. The molecule has 0 aliphatic carbocycles. The van der Waals surface area contributed by atoms with E-state index in [1.807, 2.05) is 6.92 Å². The number of pyridine rings is 1. The molecule has 0 bridgehead atoms. The van der Waals surface area contributed by atoms with Crippen LogP contribution in [0.3, 0.4) is 0 Å². The van der Waals surface area contributed by atoms with Crippen molar-refractivity contribution in [1.82, 2.24) is 24.5 Å². The first-order chi connectivity index (χ1) is 15.7. The summed E-state index contributed by atoms with van der Waals surface area (Å²) in [7, 11) is 1.21. The Bertz CT molecular complexity index is 1230. The van der Waals surface area contributed by atoms with Gasteiger partial charge in [-0.25, -0.2) is 9.67 Å². The standard InChI is InChI=1S/C21H18ClF3N6O2/c1-3-4-8-16(32)33-18(17-19(21(23,24)25)29-30(2)20(17)22)13(12-26)14-9-11-31(28-14)15-7-5-6-10-27-15/h5-7,9-11H,3-4,8H2,1-2H3/b18-13-. The van der Waals surface area contributed by atoms with Gasteiger partial charge in [-0.15, -0.1) is 0 Å². The number of hydrogen-bond acceptors (Lipinski definition) is 6. The minimum absolute atomic E-state index is 0.0329. The van der Waals surface area contributed by atoms with Crippen molar-refractivity contribution >= 4 is 28.9 Å². The lowest BCUT2D eigenvalue weighted by Gasteiger charge is -2.13. The number of alkyl halides is 3. The van der Waals surface area contributed by atoms with Crippen LogP contribution in [0.25, 0.3) is 17.2 Å². The number of aryl methyl sites for hydroxylation is 1. The third-order valence-corrected chi connectivity index (χ3v) is 4.92. The van der Waals surface area contributed by atoms with Gasteiger partial charge in [0.25, 0.3) is 0 Å². The van der Waals surface area contributed by atoms with Crippen LogP contribution in [0.1, 0.15) is 43.1 Å². The molecule has 0 fully saturated rings. The molecule has 0 atom stereocenters. The van der Waals surface area contributed by atoms with Gasteiger partial charge in [0.05, 0.1) is 5.56 Å². The summed E-state index contributed by atoms with van der Waals surface area (Å²) in [5.74, 6) is -1.05. The van der Waals surface area contributed by atoms with Crippen molar-refractivity contribution in [2.24, 2.45) is 7.05 Å². The summed E-state index contributed by atoms with van der Waals surface area (Å²) in [6.45, 7) is 1.84. The van der Waals surface area contributed by atoms with Crippen LogP contribution < -0.4 is 0 Å². The van der Waals surface area contributed by atoms with E-state index in [9.17, 15) is 23.2 Å². The molecule has 172 valence electrons. The topological polar surface area (TPSA) is 98.6 Å². The van der Waals surface area contributed by atoms with Crippen molar-refractivity contribution in [3.8, 4) is 11.9 Å². The molecular weight excluding hydrogens is 461 g/mol. The number of aromatic nitrogens is 5. The number of esters is 1. The van der Waals surface area contributed by atoms with Crippen LogP contribution in [0.2, 0.25) is 5.15 Å². The Labute approximate surface area is 191 Å². The molecule has 12 heteroatoms. The summed E-state index contributed by atoms with van der Waals surface area (Å²) in [5.41, 5.74) is -2.53. The minimum atomic E-state index is -4.92. The molecule has 33 heavy (non-hydrogen) atoms. The average molecular weight is 479 g/mol. The predicted octanol–water partition coefficient (Wildman–Crippen LogP) is 4.80. The molecule has 3 aromatic heterocycles. The number of nitriles is 1. The quantitative estimate of drug-likeness (QED) is 0.275. The summed E-state index contributed by atoms with van der Waals surface area (Å²) < 4.78 is 48.6. The molecule has 3 rings (SSSR count). The van der Waals surface area contributed by atoms with E-state index < -0.39 is 39.9 Å². The number of halogens is 4. The van der Waals surface area contributed by atoms with E-state index in [0.717, 1.165) is 4.68 Å². The second-order valence-electron chi connectivity index (χ2n) is 6.86. The first kappa shape index (κ1) is 24.0. The zero-order valence-corrected chi connectivity index (χ0v) is 18.4. The van der Waals surface area contributed by atoms with Gasteiger partial charge in [0, 0.05) is 25.9 Å². The fourth-order valence-electron chi connectivity index (χ4n) is 2.91. The fraction of sp³-hybridized carbons (Fsp3) is 0.286. The highest BCUT2D eigenvalue weighted by Crippen LogP contribution is 2.40. The van der Waals surface area contributed by atoms with Gasteiger partial charge < -0.3 is 4.74 Å². The third kappa shape index (κ3) is 5.23. The van der Waals surface area contributed by atoms with Gasteiger partial charge in [-0.3, -0.25) is 9.48 Å². The van der Waals surface area contributed by atoms with Crippen LogP contribution in [0.4, 0.5) is 13.2 Å². The van der Waals surface area contributed by atoms with Gasteiger partial charge in [-0.1, -0.05) is 31.0 Å². The van der Waals surface area contributed by atoms with Gasteiger partial charge in [-0.2, -0.15) is 28.6 Å². The molecule has 0 amide bonds. The van der Waals surface area contributed by atoms with E-state index in [1.54, 1.807) is 24.3 Å². The molecule has 0 saturated heterocycles. The molecule has 0 radical (unpaired) electrons. The van der Waals surface area contributed by atoms with Crippen molar-refractivity contribution in [1.29, 1.82) is 5.26 Å². The Morgan fingerprint density at radius 1 is 1.27 bits per heavy atom. The van der Waals surface area contributed by atoms with E-state index in [4.69, 9.17) is 16.3 Å². The first-order valence-corrected chi connectivity index (χ1v) is 10.2. The SMILES string of the molecule is CCCCC(=O)O/C(=C(/C#N)c1ccn(-c2ccccn2)n1)c1c(C(F)(F)F)nn(C)c1Cl. The van der Waals surface area contributed by atoms with E-state index in [0.29, 0.717) is 18.7 Å². The van der Waals surface area contributed by atoms with Crippen molar-refractivity contribution in [3.05, 3.63) is 58.8 Å². The molecule has 0 unspecified atom stereocenters. The largest absolute Gasteiger partial charge is 0.435 e. The Kier molecular flexibility index (Phi) is 7.18. The summed E-state index contributed by atoms with van der Waals surface area (Å²) in [4.78, 5) is 16.5. The maximum atomic E-state index is 13.7. The van der Waals surface area contributed by atoms with Gasteiger partial charge in [-0.05, 0) is 24.6 Å². The van der Waals surface area contributed by atoms with E-state index in [-0.39, 0.29) is 12.1 Å². The van der Waals surface area contributed by atoms with Crippen molar-refractivity contribution in [2.45, 2.75) is 32.4 Å². The number of ether oxygens (including phenoxy) is 1. The predicted molar refractivity (Wildman–Crippen MR) is 113 cm³/mol. The van der Waals surface area contributed by atoms with Crippen LogP contribution in [0.15, 0.2) is 36.7 Å². The van der Waals surface area contributed by atoms with Crippen LogP contribution >= 0.6 is 11.6 Å². The second kappa shape index (κ2) is 9.87. The van der Waals surface area contributed by atoms with Crippen LogP contribution in [-0.4, -0.2) is 30.5 Å². The normalized spacial score (nSPS) is 12.3. The van der Waals surface area contributed by atoms with Gasteiger partial charge >= 0.3 is 12.1 Å². The van der Waals surface area contributed by atoms with Gasteiger partial charge in [0.2, 0.25) is 0 Å². The smallest absolute Gasteiger partial charge is 0.424 e. The van der Waals surface area contributed by atoms with Gasteiger partial charge in [0.15, 0.2) is 17.3 Å². The molecule has 3 heterocycles. The number of carbonyl (C=O) groups excluding carboxylic acids is 1. The molecule has 8 nitrogen and oxygen atoms in total. The van der Waals surface area contributed by atoms with Crippen LogP contribution in [0, 0.1) is 11.3 Å². The molecular formula is C21H18ClF3N6O2. The highest BCUT2D eigenvalue weighted by Gasteiger charge is 2.41. The number of unbranched alkanes of at least 4 members (excludes halogenated alkanes) is 1. The van der Waals surface area contributed by atoms with E-state index in [2.05, 4.69) is 15.2 Å². The fourth-order valence-corrected chi connectivity index (χ4v) is 3.13. The summed E-state index contributed by atoms with van der Waals surface area (Å²) >= 11 is 6.12. The minimum Gasteiger partial charge on any atom is -0.424 e. The molecule has 0 saturated carbocycles. The van der Waals surface area contributed by atoms with Crippen LogP contribution in [0.5, 0.6) is 0 Å². The number of allylic oxidation sites excluding steroid dienone is 1. The van der Waals surface area contributed by atoms with Crippen molar-refractivity contribution < 1.29 is 22.7 Å². The average Bonchev–Trinajstić information content (AvgIpc) is 3.38. The molecule has 3 aromatic rings. The molecule has 0 aromatic carbocycles. The number of hydrogen-bond donors (Lipinski definition) is 0. The third-order valence-electron chi connectivity index (χ3n) is 4.49. The molecule has 0 spiro atoms. The lowest BCUT2D eigenvalue weighted by Crippen LogP contribution is -2.12. The molecule has 0 N–H and O–H groups in total. The zero-order chi connectivity index (χ0) is 24.2. The number of rotatable bonds is 7.